The number of aromatic nitrogens is 2. The van der Waals surface area contributed by atoms with Crippen LogP contribution in [0.3, 0.4) is 0 Å². The van der Waals surface area contributed by atoms with E-state index >= 15 is 0 Å². The fourth-order valence-electron chi connectivity index (χ4n) is 1.99. The first kappa shape index (κ1) is 13.0. The van der Waals surface area contributed by atoms with Gasteiger partial charge in [-0.25, -0.2) is 0 Å². The van der Waals surface area contributed by atoms with E-state index in [0.29, 0.717) is 18.3 Å². The van der Waals surface area contributed by atoms with Crippen molar-refractivity contribution in [3.8, 4) is 0 Å². The highest BCUT2D eigenvalue weighted by Crippen LogP contribution is 2.25. The number of nitrogens with one attached hydrogen (secondary N) is 1. The van der Waals surface area contributed by atoms with Crippen molar-refractivity contribution >= 4 is 5.91 Å². The number of aryl methyl sites for hydroxylation is 1. The largest absolute Gasteiger partial charge is 0.350 e. The van der Waals surface area contributed by atoms with E-state index in [0.717, 1.165) is 13.1 Å². The zero-order valence-corrected chi connectivity index (χ0v) is 11.4. The molecule has 1 aliphatic rings. The van der Waals surface area contributed by atoms with E-state index in [1.807, 2.05) is 20.8 Å². The smallest absolute Gasteiger partial charge is 0.234 e. The van der Waals surface area contributed by atoms with Gasteiger partial charge in [-0.05, 0) is 27.7 Å². The summed E-state index contributed by atoms with van der Waals surface area (Å²) in [5.74, 6) is 1.67. The average Bonchev–Trinajstić information content (AvgIpc) is 2.54. The van der Waals surface area contributed by atoms with Crippen LogP contribution in [0.5, 0.6) is 0 Å². The molecule has 1 amide bonds. The summed E-state index contributed by atoms with van der Waals surface area (Å²) in [5.41, 5.74) is -0.176. The Morgan fingerprint density at radius 3 is 2.67 bits per heavy atom. The topological polar surface area (TPSA) is 71.3 Å². The van der Waals surface area contributed by atoms with E-state index in [2.05, 4.69) is 20.4 Å². The van der Waals surface area contributed by atoms with Gasteiger partial charge in [0, 0.05) is 18.6 Å². The minimum Gasteiger partial charge on any atom is -0.350 e. The number of carbonyl (C=O) groups is 1. The molecule has 18 heavy (non-hydrogen) atoms. The van der Waals surface area contributed by atoms with Gasteiger partial charge in [0.15, 0.2) is 5.82 Å². The van der Waals surface area contributed by atoms with Gasteiger partial charge in [-0.1, -0.05) is 5.16 Å². The molecule has 0 radical (unpaired) electrons. The van der Waals surface area contributed by atoms with Gasteiger partial charge in [0.25, 0.3) is 0 Å². The summed E-state index contributed by atoms with van der Waals surface area (Å²) in [6, 6.07) is 0. The van der Waals surface area contributed by atoms with Crippen molar-refractivity contribution in [1.29, 1.82) is 0 Å². The lowest BCUT2D eigenvalue weighted by atomic mass is 10.00. The van der Waals surface area contributed by atoms with Crippen molar-refractivity contribution in [2.75, 3.05) is 19.6 Å². The fraction of sp³-hybridized carbons (Fsp3) is 0.750. The average molecular weight is 252 g/mol. The molecular weight excluding hydrogens is 232 g/mol. The highest BCUT2D eigenvalue weighted by Gasteiger charge is 2.33. The van der Waals surface area contributed by atoms with Crippen LogP contribution < -0.4 is 5.32 Å². The number of amides is 1. The summed E-state index contributed by atoms with van der Waals surface area (Å²) in [5, 5.41) is 6.72. The van der Waals surface area contributed by atoms with Gasteiger partial charge in [0.2, 0.25) is 11.8 Å². The summed E-state index contributed by atoms with van der Waals surface area (Å²) < 4.78 is 5.11. The van der Waals surface area contributed by atoms with Gasteiger partial charge in [0.05, 0.1) is 12.5 Å². The predicted molar refractivity (Wildman–Crippen MR) is 66.1 cm³/mol. The number of rotatable bonds is 3. The second-order valence-corrected chi connectivity index (χ2v) is 5.87. The van der Waals surface area contributed by atoms with Crippen LogP contribution in [0.4, 0.5) is 0 Å². The molecule has 6 heteroatoms. The molecule has 0 saturated carbocycles. The maximum absolute atomic E-state index is 11.7. The van der Waals surface area contributed by atoms with Crippen LogP contribution in [-0.2, 0) is 4.79 Å². The summed E-state index contributed by atoms with van der Waals surface area (Å²) in [6.45, 7) is 9.78. The van der Waals surface area contributed by atoms with Crippen LogP contribution in [0.15, 0.2) is 4.52 Å². The molecule has 6 nitrogen and oxygen atoms in total. The first-order valence-corrected chi connectivity index (χ1v) is 6.17. The van der Waals surface area contributed by atoms with E-state index in [9.17, 15) is 4.79 Å². The SMILES string of the molecule is Cc1noc(C2CN(CC(=O)NC(C)(C)C)C2)n1. The summed E-state index contributed by atoms with van der Waals surface area (Å²) in [6.07, 6.45) is 0. The molecule has 0 aromatic carbocycles. The Labute approximate surface area is 107 Å². The first-order valence-electron chi connectivity index (χ1n) is 6.17. The van der Waals surface area contributed by atoms with Crippen LogP contribution >= 0.6 is 0 Å². The van der Waals surface area contributed by atoms with Crippen LogP contribution in [0.2, 0.25) is 0 Å². The third kappa shape index (κ3) is 3.29. The lowest BCUT2D eigenvalue weighted by Gasteiger charge is -2.37. The molecule has 0 unspecified atom stereocenters. The van der Waals surface area contributed by atoms with Gasteiger partial charge in [0.1, 0.15) is 0 Å². The van der Waals surface area contributed by atoms with Crippen molar-refractivity contribution in [1.82, 2.24) is 20.4 Å². The Morgan fingerprint density at radius 2 is 2.17 bits per heavy atom. The minimum atomic E-state index is -0.176. The van der Waals surface area contributed by atoms with Crippen molar-refractivity contribution < 1.29 is 9.32 Å². The molecule has 1 saturated heterocycles. The second-order valence-electron chi connectivity index (χ2n) is 5.87. The third-order valence-electron chi connectivity index (χ3n) is 2.73. The maximum Gasteiger partial charge on any atom is 0.234 e. The quantitative estimate of drug-likeness (QED) is 0.857. The van der Waals surface area contributed by atoms with Gasteiger partial charge in [-0.3, -0.25) is 9.69 Å². The summed E-state index contributed by atoms with van der Waals surface area (Å²) in [7, 11) is 0. The molecule has 0 bridgehead atoms. The third-order valence-corrected chi connectivity index (χ3v) is 2.73. The zero-order chi connectivity index (χ0) is 13.3. The van der Waals surface area contributed by atoms with E-state index in [4.69, 9.17) is 4.52 Å². The van der Waals surface area contributed by atoms with E-state index in [-0.39, 0.29) is 17.4 Å². The standard InChI is InChI=1S/C12H20N4O2/c1-8-13-11(18-15-8)9-5-16(6-9)7-10(17)14-12(2,3)4/h9H,5-7H2,1-4H3,(H,14,17). The Bertz CT molecular complexity index is 430. The molecule has 1 N–H and O–H groups in total. The Morgan fingerprint density at radius 1 is 1.50 bits per heavy atom. The van der Waals surface area contributed by atoms with Gasteiger partial charge < -0.3 is 9.84 Å². The Hall–Kier alpha value is -1.43. The highest BCUT2D eigenvalue weighted by molar-refractivity contribution is 5.78. The van der Waals surface area contributed by atoms with Crippen molar-refractivity contribution in [3.05, 3.63) is 11.7 Å². The molecule has 2 heterocycles. The molecule has 1 aliphatic heterocycles. The summed E-state index contributed by atoms with van der Waals surface area (Å²) >= 11 is 0. The first-order chi connectivity index (χ1) is 8.33. The van der Waals surface area contributed by atoms with Crippen LogP contribution in [0.1, 0.15) is 38.4 Å². The maximum atomic E-state index is 11.7. The number of carbonyl (C=O) groups excluding carboxylic acids is 1. The molecule has 1 aromatic heterocycles. The Balaban J connectivity index is 1.75. The van der Waals surface area contributed by atoms with E-state index in [1.165, 1.54) is 0 Å². The predicted octanol–water partition coefficient (Wildman–Crippen LogP) is 0.692. The fourth-order valence-corrected chi connectivity index (χ4v) is 1.99. The molecule has 0 spiro atoms. The minimum absolute atomic E-state index is 0.0580. The number of hydrogen-bond acceptors (Lipinski definition) is 5. The summed E-state index contributed by atoms with van der Waals surface area (Å²) in [4.78, 5) is 18.0. The lowest BCUT2D eigenvalue weighted by molar-refractivity contribution is -0.124. The van der Waals surface area contributed by atoms with Crippen molar-refractivity contribution in [3.63, 3.8) is 0 Å². The van der Waals surface area contributed by atoms with Gasteiger partial charge in [-0.15, -0.1) is 0 Å². The normalized spacial score (nSPS) is 17.6. The van der Waals surface area contributed by atoms with Crippen molar-refractivity contribution in [2.24, 2.45) is 0 Å². The second kappa shape index (κ2) is 4.68. The Kier molecular flexibility index (Phi) is 3.38. The number of hydrogen-bond donors (Lipinski definition) is 1. The van der Waals surface area contributed by atoms with Gasteiger partial charge in [-0.2, -0.15) is 4.98 Å². The molecule has 1 fully saturated rings. The van der Waals surface area contributed by atoms with Crippen molar-refractivity contribution in [2.45, 2.75) is 39.2 Å². The molecular formula is C12H20N4O2. The van der Waals surface area contributed by atoms with Crippen LogP contribution in [0, 0.1) is 6.92 Å². The number of likely N-dealkylation sites (tertiary alicyclic amines) is 1. The van der Waals surface area contributed by atoms with E-state index < -0.39 is 0 Å². The van der Waals surface area contributed by atoms with Gasteiger partial charge >= 0.3 is 0 Å². The molecule has 0 aliphatic carbocycles. The molecule has 1 aromatic rings. The van der Waals surface area contributed by atoms with Crippen LogP contribution in [0.25, 0.3) is 0 Å². The molecule has 0 atom stereocenters. The molecule has 100 valence electrons. The lowest BCUT2D eigenvalue weighted by Crippen LogP contribution is -2.52. The zero-order valence-electron chi connectivity index (χ0n) is 11.4. The monoisotopic (exact) mass is 252 g/mol. The number of nitrogens with zero attached hydrogens (tertiary/aromatic N) is 3. The van der Waals surface area contributed by atoms with Crippen LogP contribution in [-0.4, -0.2) is 46.1 Å². The molecule has 2 rings (SSSR count). The van der Waals surface area contributed by atoms with E-state index in [1.54, 1.807) is 6.92 Å². The highest BCUT2D eigenvalue weighted by atomic mass is 16.5.